The fourth-order valence-electron chi connectivity index (χ4n) is 15.3. The Morgan fingerprint density at radius 2 is 0.535 bits per heavy atom. The van der Waals surface area contributed by atoms with Gasteiger partial charge in [-0.3, -0.25) is 0 Å². The molecule has 3 fully saturated rings. The maximum atomic E-state index is 13.3. The van der Waals surface area contributed by atoms with Gasteiger partial charge in [0, 0.05) is 33.8 Å². The van der Waals surface area contributed by atoms with Crippen LogP contribution in [0.2, 0.25) is 0 Å². The highest BCUT2D eigenvalue weighted by molar-refractivity contribution is 7.81. The van der Waals surface area contributed by atoms with Crippen LogP contribution in [0.4, 0.5) is 30.2 Å². The van der Waals surface area contributed by atoms with Crippen LogP contribution in [0, 0.1) is 17.5 Å². The number of aliphatic hydroxyl groups is 3. The molecule has 582 valence electrons. The standard InChI is InChI=1S/3C31H29FN2O3S/c3*32-23-15-12-20(13-16-23)28(36)11-5-10-27-30(34(31(38)33-27)24-7-2-1-3-8-24)26-17-14-22(19-29(26)37)21-6-4-9-25(35)18-21/h3*1-4,6-9,12-19,27-28,30,35-37H,5,10-11H2,(H,33,38)/t27-,28?,30-;27-,28-,30-;/m11./s1. The molecule has 21 heteroatoms. The predicted octanol–water partition coefficient (Wildman–Crippen LogP) is 19.8. The molecule has 3 aliphatic heterocycles. The summed E-state index contributed by atoms with van der Waals surface area (Å²) in [5.74, 6) is -0.0902. The number of nitrogens with zero attached hydrogens (tertiary/aromatic N) is 3. The van der Waals surface area contributed by atoms with E-state index in [0.29, 0.717) is 89.8 Å². The average molecular weight is 1590 g/mol. The third-order valence-corrected chi connectivity index (χ3v) is 21.9. The molecule has 9 atom stereocenters. The summed E-state index contributed by atoms with van der Waals surface area (Å²) in [6.45, 7) is 0. The highest BCUT2D eigenvalue weighted by atomic mass is 32.1. The van der Waals surface area contributed by atoms with Crippen molar-refractivity contribution in [1.29, 1.82) is 0 Å². The lowest BCUT2D eigenvalue weighted by molar-refractivity contribution is 0.162. The van der Waals surface area contributed by atoms with Crippen molar-refractivity contribution in [3.8, 4) is 67.9 Å². The Bertz CT molecular complexity index is 4760. The zero-order valence-electron chi connectivity index (χ0n) is 62.0. The topological polar surface area (TPSA) is 228 Å². The number of nitrogens with one attached hydrogen (secondary N) is 3. The second-order valence-corrected chi connectivity index (χ2v) is 29.7. The van der Waals surface area contributed by atoms with E-state index in [1.165, 1.54) is 36.4 Å². The van der Waals surface area contributed by atoms with Crippen molar-refractivity contribution in [3.05, 3.63) is 342 Å². The Balaban J connectivity index is 0.000000149. The van der Waals surface area contributed by atoms with Crippen molar-refractivity contribution in [1.82, 2.24) is 16.0 Å². The van der Waals surface area contributed by atoms with Crippen molar-refractivity contribution in [2.75, 3.05) is 14.7 Å². The lowest BCUT2D eigenvalue weighted by Gasteiger charge is -2.29. The fourth-order valence-corrected chi connectivity index (χ4v) is 16.4. The summed E-state index contributed by atoms with van der Waals surface area (Å²) < 4.78 is 39.8. The Labute approximate surface area is 676 Å². The molecule has 0 saturated carbocycles. The number of benzene rings is 12. The number of anilines is 3. The number of thiocarbonyl (C=S) groups is 3. The first kappa shape index (κ1) is 80.2. The van der Waals surface area contributed by atoms with Crippen LogP contribution in [0.25, 0.3) is 33.4 Å². The van der Waals surface area contributed by atoms with Gasteiger partial charge in [-0.05, 0) is 272 Å². The maximum Gasteiger partial charge on any atom is 0.174 e. The van der Waals surface area contributed by atoms with Gasteiger partial charge in [-0.25, -0.2) is 13.2 Å². The Hall–Kier alpha value is -11.8. The van der Waals surface area contributed by atoms with Gasteiger partial charge in [0.25, 0.3) is 0 Å². The van der Waals surface area contributed by atoms with Crippen LogP contribution in [0.1, 0.15) is 128 Å². The molecule has 0 spiro atoms. The SMILES string of the molecule is Oc1cccc(-c2ccc(C3C(CCCC(O)c4ccc(F)cc4)NC(=S)N3c3ccccc3)c(O)c2)c1.Oc1cccc(-c2ccc([C@@H]3[C@@H](CCCC(O)c4ccc(F)cc4)NC(=S)N3c3ccccc3)c(O)c2)c1.Oc1cccc(-c2ccc([C@@H]3[C@@H](CCC[C@@H](O)c4ccc(F)cc4)NC(=S)N3c3ccccc3)c(O)c2)c1. The van der Waals surface area contributed by atoms with E-state index in [1.807, 2.05) is 160 Å². The van der Waals surface area contributed by atoms with Crippen LogP contribution in [-0.4, -0.2) is 79.4 Å². The number of phenols is 6. The average Bonchev–Trinajstić information content (AvgIpc) is 1.62. The second-order valence-electron chi connectivity index (χ2n) is 28.6. The molecule has 0 radical (unpaired) electrons. The van der Waals surface area contributed by atoms with Gasteiger partial charge in [0.2, 0.25) is 0 Å². The van der Waals surface area contributed by atoms with Gasteiger partial charge in [0.15, 0.2) is 15.3 Å². The number of aliphatic hydroxyl groups excluding tert-OH is 3. The van der Waals surface area contributed by atoms with Gasteiger partial charge in [0.1, 0.15) is 51.9 Å². The first-order valence-corrected chi connectivity index (χ1v) is 39.1. The van der Waals surface area contributed by atoms with E-state index in [0.717, 1.165) is 67.1 Å². The lowest BCUT2D eigenvalue weighted by Crippen LogP contribution is -2.29. The third-order valence-electron chi connectivity index (χ3n) is 21.0. The van der Waals surface area contributed by atoms with Crippen molar-refractivity contribution in [2.24, 2.45) is 0 Å². The highest BCUT2D eigenvalue weighted by Crippen LogP contribution is 2.46. The van der Waals surface area contributed by atoms with E-state index in [2.05, 4.69) is 16.0 Å². The minimum Gasteiger partial charge on any atom is -0.508 e. The minimum atomic E-state index is -0.692. The van der Waals surface area contributed by atoms with Crippen molar-refractivity contribution in [2.45, 2.75) is 112 Å². The zero-order chi connectivity index (χ0) is 79.9. The largest absolute Gasteiger partial charge is 0.508 e. The van der Waals surface area contributed by atoms with E-state index in [4.69, 9.17) is 36.7 Å². The van der Waals surface area contributed by atoms with Crippen molar-refractivity contribution >= 4 is 69.1 Å². The number of para-hydroxylation sites is 3. The molecule has 12 aromatic rings. The van der Waals surface area contributed by atoms with Gasteiger partial charge in [0.05, 0.1) is 54.6 Å². The van der Waals surface area contributed by atoms with Crippen LogP contribution >= 0.6 is 36.7 Å². The van der Waals surface area contributed by atoms with Gasteiger partial charge in [-0.2, -0.15) is 0 Å². The molecule has 114 heavy (non-hydrogen) atoms. The molecule has 4 unspecified atom stereocenters. The molecule has 0 aromatic heterocycles. The first-order chi connectivity index (χ1) is 55.2. The van der Waals surface area contributed by atoms with E-state index in [9.17, 15) is 59.1 Å². The molecule has 15 nitrogen and oxygen atoms in total. The number of rotatable bonds is 24. The molecule has 3 heterocycles. The molecule has 3 saturated heterocycles. The summed E-state index contributed by atoms with van der Waals surface area (Å²) in [6.07, 6.45) is 3.62. The highest BCUT2D eigenvalue weighted by Gasteiger charge is 2.43. The molecule has 15 rings (SSSR count). The predicted molar refractivity (Wildman–Crippen MR) is 455 cm³/mol. The van der Waals surface area contributed by atoms with Gasteiger partial charge < -0.3 is 76.6 Å². The summed E-state index contributed by atoms with van der Waals surface area (Å²) in [5.41, 5.74) is 11.8. The van der Waals surface area contributed by atoms with E-state index < -0.39 is 18.3 Å². The summed E-state index contributed by atoms with van der Waals surface area (Å²) in [5, 5.41) is 107. The summed E-state index contributed by atoms with van der Waals surface area (Å²) in [6, 6.07) is 83.5. The molecule has 3 aliphatic rings. The smallest absolute Gasteiger partial charge is 0.174 e. The van der Waals surface area contributed by atoms with Gasteiger partial charge in [-0.15, -0.1) is 0 Å². The molecule has 0 amide bonds. The Morgan fingerprint density at radius 3 is 0.772 bits per heavy atom. The second kappa shape index (κ2) is 37.2. The van der Waals surface area contributed by atoms with Crippen molar-refractivity contribution in [3.63, 3.8) is 0 Å². The van der Waals surface area contributed by atoms with Gasteiger partial charge in [-0.1, -0.05) is 164 Å². The zero-order valence-corrected chi connectivity index (χ0v) is 64.4. The van der Waals surface area contributed by atoms with Crippen LogP contribution in [0.3, 0.4) is 0 Å². The first-order valence-electron chi connectivity index (χ1n) is 37.8. The molecule has 0 aliphatic carbocycles. The summed E-state index contributed by atoms with van der Waals surface area (Å²) in [4.78, 5) is 6.08. The van der Waals surface area contributed by atoms with Crippen LogP contribution < -0.4 is 30.7 Å². The Morgan fingerprint density at radius 1 is 0.289 bits per heavy atom. The number of phenolic OH excluding ortho intramolecular Hbond substituents is 6. The molecule has 12 N–H and O–H groups in total. The molecule has 0 bridgehead atoms. The monoisotopic (exact) mass is 1580 g/mol. The normalized spacial score (nSPS) is 17.8. The van der Waals surface area contributed by atoms with Crippen LogP contribution in [0.15, 0.2) is 291 Å². The molecular formula is C93H87F3N6O9S3. The fraction of sp³-hybridized carbons (Fsp3) is 0.194. The minimum absolute atomic E-state index is 0.111. The number of hydrogen-bond acceptors (Lipinski definition) is 12. The number of aromatic hydroxyl groups is 6. The maximum absolute atomic E-state index is 13.3. The van der Waals surface area contributed by atoms with E-state index in [1.54, 1.807) is 109 Å². The third kappa shape index (κ3) is 19.4. The van der Waals surface area contributed by atoms with E-state index in [-0.39, 0.29) is 88.2 Å². The summed E-state index contributed by atoms with van der Waals surface area (Å²) >= 11 is 17.2. The quantitative estimate of drug-likeness (QED) is 0.0253. The number of hydrogen-bond donors (Lipinski definition) is 12. The Kier molecular flexibility index (Phi) is 26.2. The van der Waals surface area contributed by atoms with E-state index >= 15 is 0 Å². The summed E-state index contributed by atoms with van der Waals surface area (Å²) in [7, 11) is 0. The lowest BCUT2D eigenvalue weighted by atomic mass is 9.92. The van der Waals surface area contributed by atoms with Crippen LogP contribution in [-0.2, 0) is 0 Å². The number of halogens is 3. The molecule has 12 aromatic carbocycles. The van der Waals surface area contributed by atoms with Crippen molar-refractivity contribution < 1.29 is 59.1 Å². The van der Waals surface area contributed by atoms with Crippen LogP contribution in [0.5, 0.6) is 34.5 Å². The molecular weight excluding hydrogens is 1500 g/mol. The van der Waals surface area contributed by atoms with Gasteiger partial charge >= 0.3 is 0 Å².